The van der Waals surface area contributed by atoms with E-state index in [1.165, 1.54) is 12.1 Å². The lowest BCUT2D eigenvalue weighted by molar-refractivity contribution is -0.144. The second-order valence-electron chi connectivity index (χ2n) is 3.73. The molecule has 2 aromatic rings. The molecule has 4 nitrogen and oxygen atoms in total. The fraction of sp³-hybridized carbons (Fsp3) is 0.0833. The summed E-state index contributed by atoms with van der Waals surface area (Å²) >= 11 is 0. The molecule has 0 fully saturated rings. The van der Waals surface area contributed by atoms with Crippen molar-refractivity contribution in [3.8, 4) is 11.1 Å². The van der Waals surface area contributed by atoms with Gasteiger partial charge in [0.2, 0.25) is 11.7 Å². The molecule has 0 radical (unpaired) electrons. The number of primary amides is 1. The first-order valence-electron chi connectivity index (χ1n) is 5.17. The Kier molecular flexibility index (Phi) is 3.20. The van der Waals surface area contributed by atoms with Crippen LogP contribution >= 0.6 is 0 Å². The SMILES string of the molecule is NC(=O)c1ccc(-c2cnc(C(F)(F)F)nc2)cc1. The Morgan fingerprint density at radius 1 is 1.00 bits per heavy atom. The molecule has 0 saturated heterocycles. The molecule has 1 aromatic heterocycles. The predicted molar refractivity (Wildman–Crippen MR) is 61.0 cm³/mol. The molecule has 7 heteroatoms. The third-order valence-electron chi connectivity index (χ3n) is 2.41. The maximum Gasteiger partial charge on any atom is 0.451 e. The molecule has 0 unspecified atom stereocenters. The Bertz CT molecular complexity index is 591. The van der Waals surface area contributed by atoms with Gasteiger partial charge in [-0.25, -0.2) is 9.97 Å². The van der Waals surface area contributed by atoms with Gasteiger partial charge >= 0.3 is 6.18 Å². The maximum absolute atomic E-state index is 12.3. The fourth-order valence-electron chi connectivity index (χ4n) is 1.45. The van der Waals surface area contributed by atoms with Crippen LogP contribution in [0.5, 0.6) is 0 Å². The number of carbonyl (C=O) groups excluding carboxylic acids is 1. The van der Waals surface area contributed by atoms with Crippen LogP contribution in [0, 0.1) is 0 Å². The van der Waals surface area contributed by atoms with Gasteiger partial charge in [-0.1, -0.05) is 12.1 Å². The van der Waals surface area contributed by atoms with E-state index in [0.29, 0.717) is 16.7 Å². The summed E-state index contributed by atoms with van der Waals surface area (Å²) in [5, 5.41) is 0. The van der Waals surface area contributed by atoms with Gasteiger partial charge < -0.3 is 5.73 Å². The van der Waals surface area contributed by atoms with Gasteiger partial charge in [0.25, 0.3) is 0 Å². The van der Waals surface area contributed by atoms with E-state index in [1.807, 2.05) is 0 Å². The largest absolute Gasteiger partial charge is 0.451 e. The molecule has 0 spiro atoms. The lowest BCUT2D eigenvalue weighted by Crippen LogP contribution is -2.11. The Balaban J connectivity index is 2.30. The molecule has 0 aliphatic heterocycles. The highest BCUT2D eigenvalue weighted by Crippen LogP contribution is 2.27. The molecule has 0 bridgehead atoms. The van der Waals surface area contributed by atoms with Crippen LogP contribution in [0.4, 0.5) is 13.2 Å². The quantitative estimate of drug-likeness (QED) is 0.907. The van der Waals surface area contributed by atoms with Gasteiger partial charge in [-0.3, -0.25) is 4.79 Å². The molecule has 0 saturated carbocycles. The lowest BCUT2D eigenvalue weighted by atomic mass is 10.1. The van der Waals surface area contributed by atoms with Crippen molar-refractivity contribution in [1.82, 2.24) is 9.97 Å². The van der Waals surface area contributed by atoms with E-state index in [-0.39, 0.29) is 0 Å². The summed E-state index contributed by atoms with van der Waals surface area (Å²) in [6.45, 7) is 0. The highest BCUT2D eigenvalue weighted by Gasteiger charge is 2.34. The van der Waals surface area contributed by atoms with Crippen LogP contribution in [0.1, 0.15) is 16.2 Å². The molecule has 1 heterocycles. The summed E-state index contributed by atoms with van der Waals surface area (Å²) < 4.78 is 36.9. The molecule has 98 valence electrons. The van der Waals surface area contributed by atoms with Crippen molar-refractivity contribution >= 4 is 5.91 Å². The van der Waals surface area contributed by atoms with Crippen LogP contribution in [0.2, 0.25) is 0 Å². The van der Waals surface area contributed by atoms with Gasteiger partial charge in [0.1, 0.15) is 0 Å². The minimum Gasteiger partial charge on any atom is -0.366 e. The van der Waals surface area contributed by atoms with E-state index in [2.05, 4.69) is 9.97 Å². The standard InChI is InChI=1S/C12H8F3N3O/c13-12(14,15)11-17-5-9(6-18-11)7-1-3-8(4-2-7)10(16)19/h1-6H,(H2,16,19). The van der Waals surface area contributed by atoms with Crippen LogP contribution in [0.25, 0.3) is 11.1 Å². The topological polar surface area (TPSA) is 68.9 Å². The van der Waals surface area contributed by atoms with Crippen molar-refractivity contribution in [2.75, 3.05) is 0 Å². The van der Waals surface area contributed by atoms with Crippen molar-refractivity contribution in [2.24, 2.45) is 5.73 Å². The molecule has 0 aliphatic rings. The van der Waals surface area contributed by atoms with E-state index < -0.39 is 17.9 Å². The van der Waals surface area contributed by atoms with Gasteiger partial charge in [0.15, 0.2) is 0 Å². The number of hydrogen-bond donors (Lipinski definition) is 1. The number of aromatic nitrogens is 2. The number of carbonyl (C=O) groups is 1. The number of amides is 1. The zero-order chi connectivity index (χ0) is 14.0. The Labute approximate surface area is 106 Å². The van der Waals surface area contributed by atoms with Crippen molar-refractivity contribution in [2.45, 2.75) is 6.18 Å². The summed E-state index contributed by atoms with van der Waals surface area (Å²) in [6, 6.07) is 6.09. The van der Waals surface area contributed by atoms with Crippen LogP contribution < -0.4 is 5.73 Å². The molecular formula is C12H8F3N3O. The predicted octanol–water partition coefficient (Wildman–Crippen LogP) is 2.26. The smallest absolute Gasteiger partial charge is 0.366 e. The summed E-state index contributed by atoms with van der Waals surface area (Å²) in [5.41, 5.74) is 6.41. The average molecular weight is 267 g/mol. The molecule has 0 aliphatic carbocycles. The van der Waals surface area contributed by atoms with Gasteiger partial charge in [0, 0.05) is 23.5 Å². The lowest BCUT2D eigenvalue weighted by Gasteiger charge is -2.06. The van der Waals surface area contributed by atoms with E-state index in [4.69, 9.17) is 5.73 Å². The third-order valence-corrected chi connectivity index (χ3v) is 2.41. The average Bonchev–Trinajstić information content (AvgIpc) is 2.38. The maximum atomic E-state index is 12.3. The highest BCUT2D eigenvalue weighted by molar-refractivity contribution is 5.93. The number of halogens is 3. The van der Waals surface area contributed by atoms with Gasteiger partial charge in [0.05, 0.1) is 0 Å². The van der Waals surface area contributed by atoms with Crippen LogP contribution in [0.3, 0.4) is 0 Å². The first-order chi connectivity index (χ1) is 8.88. The minimum atomic E-state index is -4.56. The van der Waals surface area contributed by atoms with E-state index >= 15 is 0 Å². The van der Waals surface area contributed by atoms with Gasteiger partial charge in [-0.2, -0.15) is 13.2 Å². The van der Waals surface area contributed by atoms with E-state index in [0.717, 1.165) is 12.4 Å². The third kappa shape index (κ3) is 2.87. The summed E-state index contributed by atoms with van der Waals surface area (Å²) in [5.74, 6) is -1.76. The highest BCUT2D eigenvalue weighted by atomic mass is 19.4. The zero-order valence-corrected chi connectivity index (χ0v) is 9.48. The molecule has 1 aromatic carbocycles. The number of rotatable bonds is 2. The zero-order valence-electron chi connectivity index (χ0n) is 9.48. The fourth-order valence-corrected chi connectivity index (χ4v) is 1.45. The second kappa shape index (κ2) is 4.68. The van der Waals surface area contributed by atoms with Crippen LogP contribution in [-0.4, -0.2) is 15.9 Å². The molecule has 1 amide bonds. The Morgan fingerprint density at radius 3 is 1.95 bits per heavy atom. The number of nitrogens with zero attached hydrogens (tertiary/aromatic N) is 2. The summed E-state index contributed by atoms with van der Waals surface area (Å²) in [7, 11) is 0. The van der Waals surface area contributed by atoms with E-state index in [9.17, 15) is 18.0 Å². The monoisotopic (exact) mass is 267 g/mol. The first-order valence-corrected chi connectivity index (χ1v) is 5.17. The second-order valence-corrected chi connectivity index (χ2v) is 3.73. The molecule has 2 N–H and O–H groups in total. The van der Waals surface area contributed by atoms with Crippen LogP contribution in [0.15, 0.2) is 36.7 Å². The van der Waals surface area contributed by atoms with Gasteiger partial charge in [-0.05, 0) is 17.7 Å². The Hall–Kier alpha value is -2.44. The van der Waals surface area contributed by atoms with Crippen molar-refractivity contribution in [3.05, 3.63) is 48.0 Å². The van der Waals surface area contributed by atoms with Crippen molar-refractivity contribution < 1.29 is 18.0 Å². The van der Waals surface area contributed by atoms with Crippen molar-refractivity contribution in [3.63, 3.8) is 0 Å². The molecule has 2 rings (SSSR count). The number of benzene rings is 1. The van der Waals surface area contributed by atoms with Gasteiger partial charge in [-0.15, -0.1) is 0 Å². The number of alkyl halides is 3. The number of nitrogens with two attached hydrogens (primary N) is 1. The summed E-state index contributed by atoms with van der Waals surface area (Å²) in [4.78, 5) is 17.4. The van der Waals surface area contributed by atoms with E-state index in [1.54, 1.807) is 12.1 Å². The molecule has 0 atom stereocenters. The molecule has 19 heavy (non-hydrogen) atoms. The Morgan fingerprint density at radius 2 is 1.53 bits per heavy atom. The van der Waals surface area contributed by atoms with Crippen molar-refractivity contribution in [1.29, 1.82) is 0 Å². The summed E-state index contributed by atoms with van der Waals surface area (Å²) in [6.07, 6.45) is -2.40. The normalized spacial score (nSPS) is 11.3. The molecular weight excluding hydrogens is 259 g/mol. The number of hydrogen-bond acceptors (Lipinski definition) is 3. The first kappa shape index (κ1) is 13.0. The minimum absolute atomic E-state index is 0.316. The van der Waals surface area contributed by atoms with Crippen LogP contribution in [-0.2, 0) is 6.18 Å².